The van der Waals surface area contributed by atoms with Crippen LogP contribution in [-0.2, 0) is 16.6 Å². The van der Waals surface area contributed by atoms with Crippen LogP contribution in [0.15, 0.2) is 47.9 Å². The van der Waals surface area contributed by atoms with Crippen LogP contribution in [0.3, 0.4) is 0 Å². The number of rotatable bonds is 6. The Morgan fingerprint density at radius 1 is 1.20 bits per heavy atom. The van der Waals surface area contributed by atoms with Gasteiger partial charge in [0.1, 0.15) is 4.90 Å². The minimum absolute atomic E-state index is 0.139. The number of sulfonamides is 1. The number of hydrogen-bond donors (Lipinski definition) is 2. The Kier molecular flexibility index (Phi) is 4.65. The van der Waals surface area contributed by atoms with E-state index in [1.165, 1.54) is 6.20 Å². The van der Waals surface area contributed by atoms with Crippen molar-refractivity contribution in [2.45, 2.75) is 18.4 Å². The molecular formula is C13H16N4O2S. The van der Waals surface area contributed by atoms with Crippen molar-refractivity contribution in [1.82, 2.24) is 14.7 Å². The molecule has 0 saturated carbocycles. The topological polar surface area (TPSA) is 84.0 Å². The van der Waals surface area contributed by atoms with Crippen molar-refractivity contribution in [3.05, 3.63) is 48.5 Å². The summed E-state index contributed by atoms with van der Waals surface area (Å²) in [6, 6.07) is 5.13. The van der Waals surface area contributed by atoms with Crippen molar-refractivity contribution in [2.24, 2.45) is 0 Å². The number of nitrogens with one attached hydrogen (secondary N) is 2. The first kappa shape index (κ1) is 14.4. The quantitative estimate of drug-likeness (QED) is 0.840. The van der Waals surface area contributed by atoms with E-state index in [2.05, 4.69) is 20.0 Å². The Morgan fingerprint density at radius 3 is 2.75 bits per heavy atom. The maximum Gasteiger partial charge on any atom is 0.242 e. The third-order valence-corrected chi connectivity index (χ3v) is 3.96. The Balaban J connectivity index is 2.12. The van der Waals surface area contributed by atoms with Crippen molar-refractivity contribution in [1.29, 1.82) is 0 Å². The molecule has 0 spiro atoms. The summed E-state index contributed by atoms with van der Waals surface area (Å²) in [5.74, 6) is 0. The molecule has 2 heterocycles. The predicted molar refractivity (Wildman–Crippen MR) is 76.7 cm³/mol. The van der Waals surface area contributed by atoms with Gasteiger partial charge in [-0.05, 0) is 24.6 Å². The van der Waals surface area contributed by atoms with Gasteiger partial charge in [-0.2, -0.15) is 0 Å². The number of hydrogen-bond acceptors (Lipinski definition) is 5. The summed E-state index contributed by atoms with van der Waals surface area (Å²) in [4.78, 5) is 8.01. The molecule has 0 fully saturated rings. The molecule has 0 saturated heterocycles. The molecule has 2 N–H and O–H groups in total. The zero-order valence-electron chi connectivity index (χ0n) is 11.1. The van der Waals surface area contributed by atoms with E-state index >= 15 is 0 Å². The molecule has 106 valence electrons. The lowest BCUT2D eigenvalue weighted by molar-refractivity contribution is 0.581. The van der Waals surface area contributed by atoms with Gasteiger partial charge < -0.3 is 5.32 Å². The fourth-order valence-corrected chi connectivity index (χ4v) is 2.64. The standard InChI is InChI=1S/C13H16N4O2S/c1-2-16-12-6-13(10-15-9-12)20(18,19)17-8-11-4-3-5-14-7-11/h3-7,9-10,16-17H,2,8H2,1H3. The smallest absolute Gasteiger partial charge is 0.242 e. The summed E-state index contributed by atoms with van der Waals surface area (Å²) >= 11 is 0. The van der Waals surface area contributed by atoms with Gasteiger partial charge in [0, 0.05) is 31.7 Å². The highest BCUT2D eigenvalue weighted by atomic mass is 32.2. The molecule has 2 aromatic heterocycles. The lowest BCUT2D eigenvalue weighted by Gasteiger charge is -2.08. The number of pyridine rings is 2. The molecule has 2 aromatic rings. The summed E-state index contributed by atoms with van der Waals surface area (Å²) in [5, 5.41) is 3.03. The van der Waals surface area contributed by atoms with E-state index in [4.69, 9.17) is 0 Å². The fourth-order valence-electron chi connectivity index (χ4n) is 1.63. The molecule has 0 bridgehead atoms. The first-order chi connectivity index (χ1) is 9.62. The normalized spacial score (nSPS) is 11.2. The van der Waals surface area contributed by atoms with Crippen LogP contribution in [0, 0.1) is 0 Å². The van der Waals surface area contributed by atoms with Crippen molar-refractivity contribution in [3.63, 3.8) is 0 Å². The summed E-state index contributed by atoms with van der Waals surface area (Å²) in [6.07, 6.45) is 6.17. The van der Waals surface area contributed by atoms with Crippen LogP contribution < -0.4 is 10.0 Å². The van der Waals surface area contributed by atoms with Gasteiger partial charge in [0.2, 0.25) is 10.0 Å². The number of anilines is 1. The van der Waals surface area contributed by atoms with Crippen LogP contribution >= 0.6 is 0 Å². The summed E-state index contributed by atoms with van der Waals surface area (Å²) in [6.45, 7) is 2.83. The molecule has 20 heavy (non-hydrogen) atoms. The Morgan fingerprint density at radius 2 is 2.05 bits per heavy atom. The molecule has 0 aliphatic heterocycles. The summed E-state index contributed by atoms with van der Waals surface area (Å²) in [5.41, 5.74) is 1.48. The minimum Gasteiger partial charge on any atom is -0.384 e. The average Bonchev–Trinajstić information content (AvgIpc) is 2.47. The monoisotopic (exact) mass is 292 g/mol. The van der Waals surface area contributed by atoms with Crippen LogP contribution in [-0.4, -0.2) is 24.9 Å². The predicted octanol–water partition coefficient (Wildman–Crippen LogP) is 1.39. The molecule has 6 nitrogen and oxygen atoms in total. The summed E-state index contributed by atoms with van der Waals surface area (Å²) < 4.78 is 26.9. The van der Waals surface area contributed by atoms with Gasteiger partial charge in [0.05, 0.1) is 11.9 Å². The maximum absolute atomic E-state index is 12.2. The van der Waals surface area contributed by atoms with E-state index in [1.807, 2.05) is 13.0 Å². The Hall–Kier alpha value is -1.99. The first-order valence-electron chi connectivity index (χ1n) is 6.19. The van der Waals surface area contributed by atoms with E-state index in [0.29, 0.717) is 12.2 Å². The molecule has 0 atom stereocenters. The Labute approximate surface area is 118 Å². The maximum atomic E-state index is 12.2. The van der Waals surface area contributed by atoms with Crippen LogP contribution in [0.5, 0.6) is 0 Å². The van der Waals surface area contributed by atoms with Crippen molar-refractivity contribution < 1.29 is 8.42 Å². The summed E-state index contributed by atoms with van der Waals surface area (Å²) in [7, 11) is -3.58. The highest BCUT2D eigenvalue weighted by Crippen LogP contribution is 2.13. The largest absolute Gasteiger partial charge is 0.384 e. The SMILES string of the molecule is CCNc1cncc(S(=O)(=O)NCc2cccnc2)c1. The van der Waals surface area contributed by atoms with Gasteiger partial charge >= 0.3 is 0 Å². The lowest BCUT2D eigenvalue weighted by Crippen LogP contribution is -2.23. The second kappa shape index (κ2) is 6.44. The fraction of sp³-hybridized carbons (Fsp3) is 0.231. The van der Waals surface area contributed by atoms with E-state index < -0.39 is 10.0 Å². The number of aromatic nitrogens is 2. The molecule has 0 aromatic carbocycles. The van der Waals surface area contributed by atoms with E-state index in [1.54, 1.807) is 30.7 Å². The van der Waals surface area contributed by atoms with Gasteiger partial charge in [-0.1, -0.05) is 6.07 Å². The van der Waals surface area contributed by atoms with E-state index in [9.17, 15) is 8.42 Å². The van der Waals surface area contributed by atoms with Crippen molar-refractivity contribution >= 4 is 15.7 Å². The molecule has 2 rings (SSSR count). The zero-order valence-corrected chi connectivity index (χ0v) is 11.9. The molecular weight excluding hydrogens is 276 g/mol. The van der Waals surface area contributed by atoms with Crippen molar-refractivity contribution in [2.75, 3.05) is 11.9 Å². The van der Waals surface area contributed by atoms with Gasteiger partial charge in [0.15, 0.2) is 0 Å². The molecule has 0 radical (unpaired) electrons. The first-order valence-corrected chi connectivity index (χ1v) is 7.67. The third kappa shape index (κ3) is 3.75. The minimum atomic E-state index is -3.58. The molecule has 0 aliphatic carbocycles. The highest BCUT2D eigenvalue weighted by molar-refractivity contribution is 7.89. The van der Waals surface area contributed by atoms with Crippen LogP contribution in [0.1, 0.15) is 12.5 Å². The zero-order chi connectivity index (χ0) is 14.4. The van der Waals surface area contributed by atoms with Gasteiger partial charge in [-0.3, -0.25) is 9.97 Å². The second-order valence-electron chi connectivity index (χ2n) is 4.13. The van der Waals surface area contributed by atoms with Gasteiger partial charge in [-0.25, -0.2) is 13.1 Å². The van der Waals surface area contributed by atoms with Crippen LogP contribution in [0.4, 0.5) is 5.69 Å². The van der Waals surface area contributed by atoms with Crippen LogP contribution in [0.25, 0.3) is 0 Å². The molecule has 0 aliphatic rings. The molecule has 0 amide bonds. The molecule has 7 heteroatoms. The highest BCUT2D eigenvalue weighted by Gasteiger charge is 2.14. The van der Waals surface area contributed by atoms with E-state index in [0.717, 1.165) is 5.56 Å². The second-order valence-corrected chi connectivity index (χ2v) is 5.89. The average molecular weight is 292 g/mol. The third-order valence-electron chi connectivity index (χ3n) is 2.59. The molecule has 0 unspecified atom stereocenters. The lowest BCUT2D eigenvalue weighted by atomic mass is 10.3. The number of nitrogens with zero attached hydrogens (tertiary/aromatic N) is 2. The van der Waals surface area contributed by atoms with Gasteiger partial charge in [-0.15, -0.1) is 0 Å². The van der Waals surface area contributed by atoms with Crippen LogP contribution in [0.2, 0.25) is 0 Å². The van der Waals surface area contributed by atoms with Gasteiger partial charge in [0.25, 0.3) is 0 Å². The Bertz CT molecular complexity index is 659. The van der Waals surface area contributed by atoms with Crippen molar-refractivity contribution in [3.8, 4) is 0 Å². The van der Waals surface area contributed by atoms with E-state index in [-0.39, 0.29) is 11.4 Å².